The molecule has 1 fully saturated rings. The molecule has 2 aliphatic rings. The number of rotatable bonds is 5. The SMILES string of the molecule is C1=CCC(C2NC(c3ccccc3)NC(c3cccc4sc5ccc(-c6ccc7c(c6)oc6ccc(-n8c9ccccc9c9ccccc98)cc67)cc5c34)N2)C=C1. The number of furan rings is 1. The van der Waals surface area contributed by atoms with Crippen LogP contribution in [-0.4, -0.2) is 10.7 Å². The van der Waals surface area contributed by atoms with Crippen molar-refractivity contribution in [3.63, 3.8) is 0 Å². The molecule has 274 valence electrons. The average Bonchev–Trinajstić information content (AvgIpc) is 3.95. The summed E-state index contributed by atoms with van der Waals surface area (Å²) in [5, 5.41) is 19.1. The van der Waals surface area contributed by atoms with Gasteiger partial charge in [0.1, 0.15) is 11.2 Å². The summed E-state index contributed by atoms with van der Waals surface area (Å²) in [6.07, 6.45) is 9.98. The molecule has 57 heavy (non-hydrogen) atoms. The molecule has 3 aromatic heterocycles. The summed E-state index contributed by atoms with van der Waals surface area (Å²) in [7, 11) is 0. The maximum Gasteiger partial charge on any atom is 0.136 e. The number of hydrogen-bond acceptors (Lipinski definition) is 5. The van der Waals surface area contributed by atoms with Gasteiger partial charge in [-0.25, -0.2) is 0 Å². The average molecular weight is 755 g/mol. The van der Waals surface area contributed by atoms with E-state index in [2.05, 4.69) is 196 Å². The maximum absolute atomic E-state index is 6.57. The minimum Gasteiger partial charge on any atom is -0.456 e. The number of hydrogen-bond donors (Lipinski definition) is 3. The van der Waals surface area contributed by atoms with Crippen molar-refractivity contribution in [2.45, 2.75) is 24.9 Å². The third kappa shape index (κ3) is 5.41. The summed E-state index contributed by atoms with van der Waals surface area (Å²) in [5.41, 5.74) is 10.1. The molecule has 6 heteroatoms. The Morgan fingerprint density at radius 1 is 0.544 bits per heavy atom. The zero-order valence-corrected chi connectivity index (χ0v) is 31.8. The van der Waals surface area contributed by atoms with Gasteiger partial charge >= 0.3 is 0 Å². The van der Waals surface area contributed by atoms with Gasteiger partial charge in [-0.15, -0.1) is 11.3 Å². The minimum absolute atomic E-state index is 0.00561. The Labute approximate surface area is 333 Å². The molecule has 1 saturated heterocycles. The number of thiophene rings is 1. The topological polar surface area (TPSA) is 54.2 Å². The van der Waals surface area contributed by atoms with Crippen molar-refractivity contribution >= 4 is 75.3 Å². The lowest BCUT2D eigenvalue weighted by Crippen LogP contribution is -2.61. The fraction of sp³-hybridized carbons (Fsp3) is 0.0980. The molecule has 7 aromatic carbocycles. The Hall–Kier alpha value is -6.28. The summed E-state index contributed by atoms with van der Waals surface area (Å²) in [6.45, 7) is 0. The number of aromatic nitrogens is 1. The van der Waals surface area contributed by atoms with Crippen LogP contribution >= 0.6 is 11.3 Å². The lowest BCUT2D eigenvalue weighted by Gasteiger charge is -2.42. The highest BCUT2D eigenvalue weighted by Gasteiger charge is 2.33. The molecule has 4 atom stereocenters. The minimum atomic E-state index is -0.0507. The van der Waals surface area contributed by atoms with Crippen LogP contribution in [0.1, 0.15) is 29.9 Å². The van der Waals surface area contributed by atoms with Gasteiger partial charge in [-0.1, -0.05) is 115 Å². The van der Waals surface area contributed by atoms with Crippen LogP contribution in [-0.2, 0) is 0 Å². The molecule has 12 rings (SSSR count). The van der Waals surface area contributed by atoms with Crippen LogP contribution < -0.4 is 16.0 Å². The van der Waals surface area contributed by atoms with E-state index in [1.165, 1.54) is 58.7 Å². The van der Waals surface area contributed by atoms with Gasteiger partial charge in [-0.05, 0) is 89.3 Å². The number of para-hydroxylation sites is 2. The molecular formula is C51H38N4OS. The van der Waals surface area contributed by atoms with E-state index in [1.54, 1.807) is 0 Å². The molecule has 5 nitrogen and oxygen atoms in total. The van der Waals surface area contributed by atoms with Gasteiger partial charge in [-0.3, -0.25) is 16.0 Å². The van der Waals surface area contributed by atoms with Crippen molar-refractivity contribution in [1.82, 2.24) is 20.5 Å². The van der Waals surface area contributed by atoms with Crippen LogP contribution in [0.15, 0.2) is 180 Å². The van der Waals surface area contributed by atoms with Crippen LogP contribution in [0.5, 0.6) is 0 Å². The largest absolute Gasteiger partial charge is 0.456 e. The van der Waals surface area contributed by atoms with E-state index in [4.69, 9.17) is 4.42 Å². The predicted molar refractivity (Wildman–Crippen MR) is 238 cm³/mol. The van der Waals surface area contributed by atoms with E-state index < -0.39 is 0 Å². The number of nitrogens with zero attached hydrogens (tertiary/aromatic N) is 1. The van der Waals surface area contributed by atoms with Crippen LogP contribution in [0.2, 0.25) is 0 Å². The van der Waals surface area contributed by atoms with Gasteiger partial charge in [-0.2, -0.15) is 0 Å². The normalized spacial score (nSPS) is 19.9. The van der Waals surface area contributed by atoms with Gasteiger partial charge in [0, 0.05) is 53.3 Å². The Morgan fingerprint density at radius 3 is 2.14 bits per heavy atom. The Kier molecular flexibility index (Phi) is 7.60. The second-order valence-electron chi connectivity index (χ2n) is 15.4. The summed E-state index contributed by atoms with van der Waals surface area (Å²) >= 11 is 1.86. The molecule has 0 bridgehead atoms. The molecular weight excluding hydrogens is 717 g/mol. The summed E-state index contributed by atoms with van der Waals surface area (Å²) in [4.78, 5) is 0. The molecule has 1 aliphatic carbocycles. The first-order valence-electron chi connectivity index (χ1n) is 19.8. The third-order valence-corrected chi connectivity index (χ3v) is 13.2. The van der Waals surface area contributed by atoms with Gasteiger partial charge in [0.05, 0.1) is 29.5 Å². The number of nitrogens with one attached hydrogen (secondary N) is 3. The first kappa shape index (κ1) is 32.9. The van der Waals surface area contributed by atoms with E-state index in [1.807, 2.05) is 11.3 Å². The zero-order chi connectivity index (χ0) is 37.5. The van der Waals surface area contributed by atoms with Crippen LogP contribution in [0.3, 0.4) is 0 Å². The summed E-state index contributed by atoms with van der Waals surface area (Å²) < 4.78 is 11.5. The van der Waals surface area contributed by atoms with E-state index in [0.29, 0.717) is 5.92 Å². The van der Waals surface area contributed by atoms with Gasteiger partial charge in [0.15, 0.2) is 0 Å². The summed E-state index contributed by atoms with van der Waals surface area (Å²) in [5.74, 6) is 0.351. The number of allylic oxidation sites excluding steroid dienone is 3. The van der Waals surface area contributed by atoms with E-state index in [-0.39, 0.29) is 18.5 Å². The fourth-order valence-electron chi connectivity index (χ4n) is 9.34. The number of benzene rings is 7. The predicted octanol–water partition coefficient (Wildman–Crippen LogP) is 12.7. The highest BCUT2D eigenvalue weighted by Crippen LogP contribution is 2.42. The van der Waals surface area contributed by atoms with Crippen LogP contribution in [0.4, 0.5) is 0 Å². The van der Waals surface area contributed by atoms with Gasteiger partial charge < -0.3 is 8.98 Å². The van der Waals surface area contributed by atoms with Crippen molar-refractivity contribution in [1.29, 1.82) is 0 Å². The second-order valence-corrected chi connectivity index (χ2v) is 16.4. The van der Waals surface area contributed by atoms with Gasteiger partial charge in [0.2, 0.25) is 0 Å². The van der Waals surface area contributed by atoms with Crippen molar-refractivity contribution in [3.05, 3.63) is 187 Å². The monoisotopic (exact) mass is 754 g/mol. The Morgan fingerprint density at radius 2 is 1.32 bits per heavy atom. The molecule has 4 heterocycles. The van der Waals surface area contributed by atoms with E-state index >= 15 is 0 Å². The zero-order valence-electron chi connectivity index (χ0n) is 31.0. The molecule has 0 radical (unpaired) electrons. The molecule has 0 amide bonds. The highest BCUT2D eigenvalue weighted by molar-refractivity contribution is 7.25. The van der Waals surface area contributed by atoms with Crippen LogP contribution in [0.25, 0.3) is 80.7 Å². The van der Waals surface area contributed by atoms with Crippen molar-refractivity contribution in [2.75, 3.05) is 0 Å². The number of fused-ring (bicyclic) bond motifs is 9. The summed E-state index contributed by atoms with van der Waals surface area (Å²) in [6, 6.07) is 55.0. The lowest BCUT2D eigenvalue weighted by molar-refractivity contribution is 0.171. The van der Waals surface area contributed by atoms with E-state index in [9.17, 15) is 0 Å². The standard InChI is InChI=1S/C51H38N4OS/c1-3-12-31(13-4-1)49-52-50(32-14-5-2-6-15-32)54-51(53-49)39-18-11-21-47-48(39)41-28-33(23-27-46(41)57-47)34-22-25-38-40-30-35(24-26-44(40)56-45(38)29-34)55-42-19-9-7-16-36(42)37-17-8-10-20-43(37)55/h1-14,16-30,32,49-54H,15H2. The second kappa shape index (κ2) is 13.2. The molecule has 3 N–H and O–H groups in total. The molecule has 0 saturated carbocycles. The molecule has 10 aromatic rings. The van der Waals surface area contributed by atoms with Crippen molar-refractivity contribution < 1.29 is 4.42 Å². The molecule has 0 spiro atoms. The van der Waals surface area contributed by atoms with Gasteiger partial charge in [0.25, 0.3) is 0 Å². The third-order valence-electron chi connectivity index (χ3n) is 12.1. The van der Waals surface area contributed by atoms with Crippen LogP contribution in [0, 0.1) is 5.92 Å². The van der Waals surface area contributed by atoms with E-state index in [0.717, 1.165) is 39.6 Å². The first-order valence-corrected chi connectivity index (χ1v) is 20.6. The molecule has 4 unspecified atom stereocenters. The Bertz CT molecular complexity index is 3190. The maximum atomic E-state index is 6.57. The van der Waals surface area contributed by atoms with Crippen molar-refractivity contribution in [3.8, 4) is 16.8 Å². The highest BCUT2D eigenvalue weighted by atomic mass is 32.1. The molecule has 1 aliphatic heterocycles. The lowest BCUT2D eigenvalue weighted by atomic mass is 9.94. The quantitative estimate of drug-likeness (QED) is 0.164. The van der Waals surface area contributed by atoms with Crippen molar-refractivity contribution in [2.24, 2.45) is 5.92 Å². The first-order chi connectivity index (χ1) is 28.2. The fourth-order valence-corrected chi connectivity index (χ4v) is 10.5. The Balaban J connectivity index is 0.937. The smallest absolute Gasteiger partial charge is 0.136 e.